The minimum atomic E-state index is 1.16. The van der Waals surface area contributed by atoms with Gasteiger partial charge in [-0.15, -0.1) is 0 Å². The average Bonchev–Trinajstić information content (AvgIpc) is 2.36. The molecule has 0 radical (unpaired) electrons. The standard InChI is InChI=1S/C8H12NS/c1-3-5-8-9(4-2)6-7-10-8/h4,6-7H,2-3,5H2,1H3/q+1. The fraction of sp³-hybridized carbons (Fsp3) is 0.375. The summed E-state index contributed by atoms with van der Waals surface area (Å²) in [5.74, 6) is 0. The summed E-state index contributed by atoms with van der Waals surface area (Å²) >= 11 is 1.79. The SMILES string of the molecule is C=C[n+]1ccsc1CCC. The van der Waals surface area contributed by atoms with E-state index in [-0.39, 0.29) is 0 Å². The number of aromatic nitrogens is 1. The van der Waals surface area contributed by atoms with Crippen LogP contribution in [-0.4, -0.2) is 0 Å². The molecule has 1 nitrogen and oxygen atoms in total. The van der Waals surface area contributed by atoms with Crippen molar-refractivity contribution in [3.63, 3.8) is 0 Å². The van der Waals surface area contributed by atoms with Gasteiger partial charge in [0, 0.05) is 6.42 Å². The molecule has 0 atom stereocenters. The normalized spacial score (nSPS) is 9.70. The maximum absolute atomic E-state index is 3.72. The third-order valence-corrected chi connectivity index (χ3v) is 2.32. The van der Waals surface area contributed by atoms with Crippen molar-refractivity contribution >= 4 is 17.5 Å². The Morgan fingerprint density at radius 2 is 2.60 bits per heavy atom. The monoisotopic (exact) mass is 154 g/mol. The molecule has 0 unspecified atom stereocenters. The van der Waals surface area contributed by atoms with Gasteiger partial charge in [-0.2, -0.15) is 4.57 Å². The molecule has 0 saturated heterocycles. The van der Waals surface area contributed by atoms with Crippen LogP contribution in [-0.2, 0) is 6.42 Å². The van der Waals surface area contributed by atoms with Gasteiger partial charge >= 0.3 is 0 Å². The zero-order valence-electron chi connectivity index (χ0n) is 6.21. The first-order valence-corrected chi connectivity index (χ1v) is 4.36. The molecule has 1 rings (SSSR count). The Morgan fingerprint density at radius 3 is 3.20 bits per heavy atom. The summed E-state index contributed by atoms with van der Waals surface area (Å²) in [5, 5.41) is 3.48. The Bertz CT molecular complexity index is 215. The van der Waals surface area contributed by atoms with Crippen LogP contribution >= 0.6 is 11.3 Å². The van der Waals surface area contributed by atoms with Crippen molar-refractivity contribution in [3.05, 3.63) is 23.2 Å². The molecule has 0 aliphatic rings. The van der Waals surface area contributed by atoms with E-state index < -0.39 is 0 Å². The molecule has 1 aromatic rings. The van der Waals surface area contributed by atoms with Crippen LogP contribution in [0.3, 0.4) is 0 Å². The molecule has 0 spiro atoms. The number of thiazole rings is 1. The van der Waals surface area contributed by atoms with Gasteiger partial charge in [0.2, 0.25) is 5.01 Å². The summed E-state index contributed by atoms with van der Waals surface area (Å²) in [6.07, 6.45) is 6.25. The zero-order chi connectivity index (χ0) is 7.40. The molecule has 2 heteroatoms. The van der Waals surface area contributed by atoms with Crippen LogP contribution < -0.4 is 4.57 Å². The third kappa shape index (κ3) is 1.45. The van der Waals surface area contributed by atoms with E-state index in [0.717, 1.165) is 6.42 Å². The van der Waals surface area contributed by atoms with Crippen LogP contribution in [0.15, 0.2) is 18.2 Å². The molecule has 54 valence electrons. The topological polar surface area (TPSA) is 3.88 Å². The second kappa shape index (κ2) is 3.52. The molecule has 0 bridgehead atoms. The van der Waals surface area contributed by atoms with Gasteiger partial charge in [-0.25, -0.2) is 0 Å². The summed E-state index contributed by atoms with van der Waals surface area (Å²) in [6.45, 7) is 5.90. The molecule has 1 aromatic heterocycles. The zero-order valence-corrected chi connectivity index (χ0v) is 7.03. The smallest absolute Gasteiger partial charge is 0.162 e. The maximum Gasteiger partial charge on any atom is 0.242 e. The lowest BCUT2D eigenvalue weighted by Gasteiger charge is -1.86. The van der Waals surface area contributed by atoms with Crippen LogP contribution in [0, 0.1) is 0 Å². The van der Waals surface area contributed by atoms with Crippen molar-refractivity contribution in [2.24, 2.45) is 0 Å². The molecule has 10 heavy (non-hydrogen) atoms. The highest BCUT2D eigenvalue weighted by atomic mass is 32.1. The largest absolute Gasteiger partial charge is 0.242 e. The number of hydrogen-bond donors (Lipinski definition) is 0. The molecule has 0 saturated carbocycles. The molecular weight excluding hydrogens is 142 g/mol. The molecule has 0 amide bonds. The molecule has 0 N–H and O–H groups in total. The predicted octanol–water partition coefficient (Wildman–Crippen LogP) is 2.09. The van der Waals surface area contributed by atoms with E-state index in [1.165, 1.54) is 11.4 Å². The Morgan fingerprint density at radius 1 is 1.80 bits per heavy atom. The fourth-order valence-corrected chi connectivity index (χ4v) is 1.81. The first kappa shape index (κ1) is 7.48. The summed E-state index contributed by atoms with van der Waals surface area (Å²) in [7, 11) is 0. The second-order valence-electron chi connectivity index (χ2n) is 2.14. The van der Waals surface area contributed by atoms with Gasteiger partial charge in [-0.3, -0.25) is 0 Å². The lowest BCUT2D eigenvalue weighted by Crippen LogP contribution is -2.26. The maximum atomic E-state index is 3.72. The van der Waals surface area contributed by atoms with E-state index in [9.17, 15) is 0 Å². The summed E-state index contributed by atoms with van der Waals surface area (Å²) in [6, 6.07) is 0. The van der Waals surface area contributed by atoms with Crippen molar-refractivity contribution in [3.8, 4) is 0 Å². The Kier molecular flexibility index (Phi) is 2.63. The van der Waals surface area contributed by atoms with Crippen molar-refractivity contribution in [2.45, 2.75) is 19.8 Å². The highest BCUT2D eigenvalue weighted by molar-refractivity contribution is 7.09. The van der Waals surface area contributed by atoms with Crippen molar-refractivity contribution < 1.29 is 4.57 Å². The van der Waals surface area contributed by atoms with E-state index in [0.29, 0.717) is 0 Å². The quantitative estimate of drug-likeness (QED) is 0.587. The first-order valence-electron chi connectivity index (χ1n) is 3.48. The Labute approximate surface area is 65.6 Å². The van der Waals surface area contributed by atoms with E-state index in [2.05, 4.69) is 23.4 Å². The van der Waals surface area contributed by atoms with Gasteiger partial charge in [0.25, 0.3) is 0 Å². The Hall–Kier alpha value is -0.630. The lowest BCUT2D eigenvalue weighted by atomic mass is 10.3. The number of nitrogens with zero attached hydrogens (tertiary/aromatic N) is 1. The second-order valence-corrected chi connectivity index (χ2v) is 3.12. The minimum absolute atomic E-state index is 1.16. The first-order chi connectivity index (χ1) is 4.88. The molecule has 0 aliphatic carbocycles. The van der Waals surface area contributed by atoms with E-state index >= 15 is 0 Å². The lowest BCUT2D eigenvalue weighted by molar-refractivity contribution is -0.570. The predicted molar refractivity (Wildman–Crippen MR) is 44.9 cm³/mol. The number of rotatable bonds is 3. The van der Waals surface area contributed by atoms with Crippen LogP contribution in [0.25, 0.3) is 6.20 Å². The van der Waals surface area contributed by atoms with E-state index in [1.807, 2.05) is 12.4 Å². The molecule has 0 aromatic carbocycles. The van der Waals surface area contributed by atoms with Gasteiger partial charge in [0.15, 0.2) is 12.4 Å². The third-order valence-electron chi connectivity index (χ3n) is 1.37. The van der Waals surface area contributed by atoms with Crippen LogP contribution in [0.2, 0.25) is 0 Å². The number of aryl methyl sites for hydroxylation is 1. The van der Waals surface area contributed by atoms with Crippen molar-refractivity contribution in [1.29, 1.82) is 0 Å². The minimum Gasteiger partial charge on any atom is -0.162 e. The van der Waals surface area contributed by atoms with Gasteiger partial charge in [-0.05, 0) is 13.0 Å². The highest BCUT2D eigenvalue weighted by Gasteiger charge is 2.06. The molecule has 0 aliphatic heterocycles. The summed E-state index contributed by atoms with van der Waals surface area (Å²) in [5.41, 5.74) is 0. The van der Waals surface area contributed by atoms with Gasteiger partial charge in [0.05, 0.1) is 5.38 Å². The average molecular weight is 154 g/mol. The number of hydrogen-bond acceptors (Lipinski definition) is 1. The van der Waals surface area contributed by atoms with Gasteiger partial charge < -0.3 is 0 Å². The summed E-state index contributed by atoms with van der Waals surface area (Å²) < 4.78 is 2.08. The molecular formula is C8H12NS+. The van der Waals surface area contributed by atoms with Crippen molar-refractivity contribution in [1.82, 2.24) is 0 Å². The fourth-order valence-electron chi connectivity index (χ4n) is 0.883. The highest BCUT2D eigenvalue weighted by Crippen LogP contribution is 2.04. The van der Waals surface area contributed by atoms with Gasteiger partial charge in [-0.1, -0.05) is 18.3 Å². The Balaban J connectivity index is 2.79. The van der Waals surface area contributed by atoms with Crippen molar-refractivity contribution in [2.75, 3.05) is 0 Å². The van der Waals surface area contributed by atoms with Crippen LogP contribution in [0.5, 0.6) is 0 Å². The molecule has 0 fully saturated rings. The van der Waals surface area contributed by atoms with Crippen LogP contribution in [0.4, 0.5) is 0 Å². The van der Waals surface area contributed by atoms with Crippen LogP contribution in [0.1, 0.15) is 18.4 Å². The summed E-state index contributed by atoms with van der Waals surface area (Å²) in [4.78, 5) is 0. The van der Waals surface area contributed by atoms with Gasteiger partial charge in [0.1, 0.15) is 0 Å². The van der Waals surface area contributed by atoms with E-state index in [1.54, 1.807) is 11.3 Å². The molecule has 1 heterocycles. The van der Waals surface area contributed by atoms with E-state index in [4.69, 9.17) is 0 Å².